The SMILES string of the molecule is CC1OCCC1(C)NC(=O)NC(=O)CCC(=O)O. The lowest BCUT2D eigenvalue weighted by Gasteiger charge is -2.28. The van der Waals surface area contributed by atoms with Crippen molar-refractivity contribution in [1.82, 2.24) is 10.6 Å². The highest BCUT2D eigenvalue weighted by Crippen LogP contribution is 2.24. The van der Waals surface area contributed by atoms with E-state index in [0.29, 0.717) is 13.0 Å². The van der Waals surface area contributed by atoms with Crippen LogP contribution in [0.3, 0.4) is 0 Å². The third-order valence-corrected chi connectivity index (χ3v) is 3.10. The van der Waals surface area contributed by atoms with Crippen LogP contribution in [0.5, 0.6) is 0 Å². The van der Waals surface area contributed by atoms with Crippen LogP contribution in [-0.2, 0) is 14.3 Å². The highest BCUT2D eigenvalue weighted by atomic mass is 16.5. The first-order valence-corrected chi connectivity index (χ1v) is 5.79. The number of carboxylic acid groups (broad SMARTS) is 1. The summed E-state index contributed by atoms with van der Waals surface area (Å²) in [5.41, 5.74) is -0.503. The highest BCUT2D eigenvalue weighted by Gasteiger charge is 2.38. The van der Waals surface area contributed by atoms with Crippen LogP contribution >= 0.6 is 0 Å². The molecule has 1 saturated heterocycles. The summed E-state index contributed by atoms with van der Waals surface area (Å²) in [6.45, 7) is 4.25. The summed E-state index contributed by atoms with van der Waals surface area (Å²) >= 11 is 0. The minimum Gasteiger partial charge on any atom is -0.481 e. The van der Waals surface area contributed by atoms with Gasteiger partial charge in [0.1, 0.15) is 0 Å². The number of carbonyl (C=O) groups excluding carboxylic acids is 2. The lowest BCUT2D eigenvalue weighted by atomic mass is 9.95. The van der Waals surface area contributed by atoms with Gasteiger partial charge < -0.3 is 15.2 Å². The van der Waals surface area contributed by atoms with E-state index in [9.17, 15) is 14.4 Å². The summed E-state index contributed by atoms with van der Waals surface area (Å²) in [6, 6.07) is -0.620. The molecule has 1 aliphatic rings. The second-order valence-electron chi connectivity index (χ2n) is 4.58. The van der Waals surface area contributed by atoms with Crippen LogP contribution in [0.15, 0.2) is 0 Å². The number of urea groups is 1. The van der Waals surface area contributed by atoms with Gasteiger partial charge in [-0.15, -0.1) is 0 Å². The predicted octanol–water partition coefficient (Wildman–Crippen LogP) is 0.245. The van der Waals surface area contributed by atoms with E-state index >= 15 is 0 Å². The molecule has 0 aromatic heterocycles. The van der Waals surface area contributed by atoms with Gasteiger partial charge in [-0.05, 0) is 20.3 Å². The molecule has 1 rings (SSSR count). The van der Waals surface area contributed by atoms with Crippen molar-refractivity contribution in [3.63, 3.8) is 0 Å². The van der Waals surface area contributed by atoms with Crippen LogP contribution in [0.1, 0.15) is 33.1 Å². The van der Waals surface area contributed by atoms with Crippen LogP contribution in [0.2, 0.25) is 0 Å². The van der Waals surface area contributed by atoms with Gasteiger partial charge in [0.2, 0.25) is 5.91 Å². The van der Waals surface area contributed by atoms with E-state index in [-0.39, 0.29) is 18.9 Å². The zero-order chi connectivity index (χ0) is 13.8. The number of hydrogen-bond acceptors (Lipinski definition) is 4. The van der Waals surface area contributed by atoms with Gasteiger partial charge in [-0.2, -0.15) is 0 Å². The van der Waals surface area contributed by atoms with Gasteiger partial charge in [-0.1, -0.05) is 0 Å². The van der Waals surface area contributed by atoms with Crippen molar-refractivity contribution in [3.8, 4) is 0 Å². The molecule has 1 heterocycles. The largest absolute Gasteiger partial charge is 0.481 e. The zero-order valence-electron chi connectivity index (χ0n) is 10.5. The minimum absolute atomic E-state index is 0.127. The van der Waals surface area contributed by atoms with Crippen molar-refractivity contribution in [2.75, 3.05) is 6.61 Å². The summed E-state index contributed by atoms with van der Waals surface area (Å²) in [6.07, 6.45) is 0.0316. The first-order chi connectivity index (χ1) is 8.33. The quantitative estimate of drug-likeness (QED) is 0.670. The minimum atomic E-state index is -1.07. The lowest BCUT2D eigenvalue weighted by Crippen LogP contribution is -2.54. The second kappa shape index (κ2) is 5.81. The fourth-order valence-electron chi connectivity index (χ4n) is 1.70. The van der Waals surface area contributed by atoms with E-state index in [1.165, 1.54) is 0 Å². The Balaban J connectivity index is 2.37. The van der Waals surface area contributed by atoms with Gasteiger partial charge in [0, 0.05) is 13.0 Å². The molecule has 0 aromatic rings. The number of imide groups is 1. The van der Waals surface area contributed by atoms with Crippen molar-refractivity contribution >= 4 is 17.9 Å². The molecule has 2 unspecified atom stereocenters. The molecule has 2 atom stereocenters. The number of amides is 3. The fraction of sp³-hybridized carbons (Fsp3) is 0.727. The van der Waals surface area contributed by atoms with Crippen LogP contribution in [0.4, 0.5) is 4.79 Å². The number of ether oxygens (including phenoxy) is 1. The van der Waals surface area contributed by atoms with Crippen molar-refractivity contribution < 1.29 is 24.2 Å². The Morgan fingerprint density at radius 1 is 1.39 bits per heavy atom. The van der Waals surface area contributed by atoms with Crippen molar-refractivity contribution in [2.24, 2.45) is 0 Å². The van der Waals surface area contributed by atoms with E-state index < -0.39 is 23.4 Å². The van der Waals surface area contributed by atoms with Crippen LogP contribution in [0.25, 0.3) is 0 Å². The standard InChI is InChI=1S/C11H18N2O5/c1-7-11(2,5-6-18-7)13-10(17)12-8(14)3-4-9(15)16/h7H,3-6H2,1-2H3,(H,15,16)(H2,12,13,14,17). The van der Waals surface area contributed by atoms with E-state index in [4.69, 9.17) is 9.84 Å². The number of carbonyl (C=O) groups is 3. The Morgan fingerprint density at radius 2 is 2.06 bits per heavy atom. The lowest BCUT2D eigenvalue weighted by molar-refractivity contribution is -0.138. The maximum atomic E-state index is 11.6. The number of rotatable bonds is 4. The third-order valence-electron chi connectivity index (χ3n) is 3.10. The summed E-state index contributed by atoms with van der Waals surface area (Å²) in [4.78, 5) is 33.1. The van der Waals surface area contributed by atoms with E-state index in [1.54, 1.807) is 0 Å². The number of carboxylic acids is 1. The number of aliphatic carboxylic acids is 1. The van der Waals surface area contributed by atoms with Crippen molar-refractivity contribution in [3.05, 3.63) is 0 Å². The van der Waals surface area contributed by atoms with Gasteiger partial charge in [-0.25, -0.2) is 4.79 Å². The Labute approximate surface area is 105 Å². The van der Waals surface area contributed by atoms with E-state index in [0.717, 1.165) is 0 Å². The predicted molar refractivity (Wildman–Crippen MR) is 62.0 cm³/mol. The average molecular weight is 258 g/mol. The monoisotopic (exact) mass is 258 g/mol. The molecule has 0 saturated carbocycles. The molecule has 1 aliphatic heterocycles. The molecule has 18 heavy (non-hydrogen) atoms. The summed E-state index contributed by atoms with van der Waals surface area (Å²) in [7, 11) is 0. The molecule has 0 radical (unpaired) electrons. The van der Waals surface area contributed by atoms with Crippen LogP contribution in [-0.4, -0.2) is 41.3 Å². The normalized spacial score (nSPS) is 26.7. The van der Waals surface area contributed by atoms with Gasteiger partial charge >= 0.3 is 12.0 Å². The molecule has 3 amide bonds. The third kappa shape index (κ3) is 3.99. The second-order valence-corrected chi connectivity index (χ2v) is 4.58. The highest BCUT2D eigenvalue weighted by molar-refractivity contribution is 5.95. The van der Waals surface area contributed by atoms with Gasteiger partial charge in [0.15, 0.2) is 0 Å². The Morgan fingerprint density at radius 3 is 2.56 bits per heavy atom. The molecule has 0 spiro atoms. The molecule has 1 fully saturated rings. The topological polar surface area (TPSA) is 105 Å². The van der Waals surface area contributed by atoms with E-state index in [1.807, 2.05) is 13.8 Å². The molecule has 7 heteroatoms. The number of nitrogens with one attached hydrogen (secondary N) is 2. The Bertz CT molecular complexity index is 357. The Kier molecular flexibility index (Phi) is 4.66. The van der Waals surface area contributed by atoms with Crippen molar-refractivity contribution in [2.45, 2.75) is 44.8 Å². The zero-order valence-corrected chi connectivity index (χ0v) is 10.5. The maximum absolute atomic E-state index is 11.6. The van der Waals surface area contributed by atoms with Gasteiger partial charge in [-0.3, -0.25) is 14.9 Å². The molecular formula is C11H18N2O5. The van der Waals surface area contributed by atoms with Gasteiger partial charge in [0.05, 0.1) is 18.1 Å². The van der Waals surface area contributed by atoms with Crippen molar-refractivity contribution in [1.29, 1.82) is 0 Å². The summed E-state index contributed by atoms with van der Waals surface area (Å²) in [5, 5.41) is 13.2. The number of hydrogen-bond donors (Lipinski definition) is 3. The molecule has 0 aromatic carbocycles. The molecule has 0 aliphatic carbocycles. The van der Waals surface area contributed by atoms with Crippen LogP contribution < -0.4 is 10.6 Å². The first-order valence-electron chi connectivity index (χ1n) is 5.79. The molecule has 3 N–H and O–H groups in total. The van der Waals surface area contributed by atoms with E-state index in [2.05, 4.69) is 10.6 Å². The smallest absolute Gasteiger partial charge is 0.321 e. The Hall–Kier alpha value is -1.63. The maximum Gasteiger partial charge on any atom is 0.321 e. The van der Waals surface area contributed by atoms with Crippen LogP contribution in [0, 0.1) is 0 Å². The van der Waals surface area contributed by atoms with Gasteiger partial charge in [0.25, 0.3) is 0 Å². The first kappa shape index (κ1) is 14.4. The summed E-state index contributed by atoms with van der Waals surface area (Å²) < 4.78 is 5.35. The molecule has 102 valence electrons. The summed E-state index contributed by atoms with van der Waals surface area (Å²) in [5.74, 6) is -1.68. The average Bonchev–Trinajstić information content (AvgIpc) is 2.55. The molecule has 7 nitrogen and oxygen atoms in total. The molecule has 0 bridgehead atoms. The molecular weight excluding hydrogens is 240 g/mol. The fourth-order valence-corrected chi connectivity index (χ4v) is 1.70.